The van der Waals surface area contributed by atoms with E-state index in [1.165, 1.54) is 0 Å². The van der Waals surface area contributed by atoms with Crippen molar-refractivity contribution in [2.45, 2.75) is 39.0 Å². The molecule has 1 fully saturated rings. The van der Waals surface area contributed by atoms with Gasteiger partial charge >= 0.3 is 12.2 Å². The first-order valence-corrected chi connectivity index (χ1v) is 7.18. The second-order valence-corrected chi connectivity index (χ2v) is 6.12. The lowest BCUT2D eigenvalue weighted by molar-refractivity contribution is -0.0144. The highest BCUT2D eigenvalue weighted by Gasteiger charge is 2.34. The van der Waals surface area contributed by atoms with Gasteiger partial charge in [0.05, 0.1) is 0 Å². The average molecular weight is 307 g/mol. The molecule has 1 atom stereocenters. The van der Waals surface area contributed by atoms with Crippen LogP contribution in [0.2, 0.25) is 0 Å². The molecule has 2 rings (SSSR count). The molecule has 0 bridgehead atoms. The number of hydrogen-bond acceptors (Lipinski definition) is 5. The lowest BCUT2D eigenvalue weighted by Gasteiger charge is -2.23. The molecule has 1 aromatic carbocycles. The molecular formula is C16H21NO5. The van der Waals surface area contributed by atoms with Crippen molar-refractivity contribution in [2.24, 2.45) is 0 Å². The largest absolute Gasteiger partial charge is 0.508 e. The van der Waals surface area contributed by atoms with Crippen LogP contribution in [-0.4, -0.2) is 42.0 Å². The van der Waals surface area contributed by atoms with E-state index in [9.17, 15) is 9.59 Å². The summed E-state index contributed by atoms with van der Waals surface area (Å²) in [5.74, 6) is 0. The predicted molar refractivity (Wildman–Crippen MR) is 79.3 cm³/mol. The van der Waals surface area contributed by atoms with Crippen molar-refractivity contribution in [3.8, 4) is 0 Å². The van der Waals surface area contributed by atoms with E-state index in [2.05, 4.69) is 0 Å². The van der Waals surface area contributed by atoms with Crippen LogP contribution in [0.4, 0.5) is 9.59 Å². The Labute approximate surface area is 129 Å². The number of amides is 1. The van der Waals surface area contributed by atoms with Crippen molar-refractivity contribution >= 4 is 12.2 Å². The van der Waals surface area contributed by atoms with Crippen molar-refractivity contribution in [3.63, 3.8) is 0 Å². The summed E-state index contributed by atoms with van der Waals surface area (Å²) in [5.41, 5.74) is 0.381. The highest BCUT2D eigenvalue weighted by molar-refractivity contribution is 5.70. The Morgan fingerprint density at radius 3 is 2.64 bits per heavy atom. The number of benzene rings is 1. The molecule has 6 heteroatoms. The summed E-state index contributed by atoms with van der Waals surface area (Å²) in [6, 6.07) is 9.27. The zero-order chi connectivity index (χ0) is 16.2. The van der Waals surface area contributed by atoms with Gasteiger partial charge in [0.1, 0.15) is 24.9 Å². The Hall–Kier alpha value is -2.24. The molecule has 0 spiro atoms. The minimum atomic E-state index is -0.744. The molecule has 120 valence electrons. The van der Waals surface area contributed by atoms with Crippen LogP contribution in [0.3, 0.4) is 0 Å². The van der Waals surface area contributed by atoms with Gasteiger partial charge in [-0.2, -0.15) is 0 Å². The Morgan fingerprint density at radius 2 is 2.00 bits per heavy atom. The molecule has 1 heterocycles. The predicted octanol–water partition coefficient (Wildman–Crippen LogP) is 2.96. The summed E-state index contributed by atoms with van der Waals surface area (Å²) < 4.78 is 15.2. The molecule has 0 unspecified atom stereocenters. The van der Waals surface area contributed by atoms with Crippen LogP contribution in [0.1, 0.15) is 26.3 Å². The smallest absolute Gasteiger partial charge is 0.447 e. The van der Waals surface area contributed by atoms with Crippen LogP contribution in [0, 0.1) is 0 Å². The molecule has 0 N–H and O–H groups in total. The van der Waals surface area contributed by atoms with Gasteiger partial charge in [-0.25, -0.2) is 9.59 Å². The Bertz CT molecular complexity index is 523. The summed E-state index contributed by atoms with van der Waals surface area (Å²) in [7, 11) is 0. The van der Waals surface area contributed by atoms with Crippen LogP contribution in [-0.2, 0) is 20.8 Å². The van der Waals surface area contributed by atoms with Crippen molar-refractivity contribution in [3.05, 3.63) is 35.9 Å². The molecule has 0 radical (unpaired) electrons. The SMILES string of the molecule is CC(C)(C)OC(=O)OC[C@@H]1COC(=O)N1Cc1ccccc1. The summed E-state index contributed by atoms with van der Waals surface area (Å²) >= 11 is 0. The molecular weight excluding hydrogens is 286 g/mol. The minimum absolute atomic E-state index is 0.0491. The third-order valence-corrected chi connectivity index (χ3v) is 3.05. The number of nitrogens with zero attached hydrogens (tertiary/aromatic N) is 1. The van der Waals surface area contributed by atoms with E-state index in [1.807, 2.05) is 30.3 Å². The number of carbonyl (C=O) groups is 2. The minimum Gasteiger partial charge on any atom is -0.447 e. The number of cyclic esters (lactones) is 1. The highest BCUT2D eigenvalue weighted by atomic mass is 16.7. The lowest BCUT2D eigenvalue weighted by atomic mass is 10.2. The van der Waals surface area contributed by atoms with Gasteiger partial charge in [0, 0.05) is 6.54 Å². The number of rotatable bonds is 4. The fourth-order valence-corrected chi connectivity index (χ4v) is 2.04. The molecule has 6 nitrogen and oxygen atoms in total. The van der Waals surface area contributed by atoms with Crippen LogP contribution >= 0.6 is 0 Å². The maximum atomic E-state index is 11.8. The maximum absolute atomic E-state index is 11.8. The fourth-order valence-electron chi connectivity index (χ4n) is 2.04. The van der Waals surface area contributed by atoms with E-state index in [0.29, 0.717) is 6.54 Å². The normalized spacial score (nSPS) is 18.0. The molecule has 22 heavy (non-hydrogen) atoms. The Kier molecular flexibility index (Phi) is 4.90. The number of hydrogen-bond donors (Lipinski definition) is 0. The number of ether oxygens (including phenoxy) is 3. The molecule has 0 aromatic heterocycles. The monoisotopic (exact) mass is 307 g/mol. The molecule has 1 aromatic rings. The van der Waals surface area contributed by atoms with E-state index >= 15 is 0 Å². The maximum Gasteiger partial charge on any atom is 0.508 e. The quantitative estimate of drug-likeness (QED) is 0.800. The highest BCUT2D eigenvalue weighted by Crippen LogP contribution is 2.17. The molecule has 1 saturated heterocycles. The molecule has 0 aliphatic carbocycles. The summed E-state index contributed by atoms with van der Waals surface area (Å²) in [4.78, 5) is 24.9. The van der Waals surface area contributed by atoms with Gasteiger partial charge in [0.15, 0.2) is 0 Å². The van der Waals surface area contributed by atoms with Crippen molar-refractivity contribution in [1.82, 2.24) is 4.90 Å². The van der Waals surface area contributed by atoms with Gasteiger partial charge < -0.3 is 14.2 Å². The van der Waals surface area contributed by atoms with E-state index in [1.54, 1.807) is 25.7 Å². The molecule has 1 aliphatic heterocycles. The molecule has 1 aliphatic rings. The second-order valence-electron chi connectivity index (χ2n) is 6.12. The fraction of sp³-hybridized carbons (Fsp3) is 0.500. The molecule has 0 saturated carbocycles. The Balaban J connectivity index is 1.89. The first kappa shape index (κ1) is 16.1. The van der Waals surface area contributed by atoms with Crippen LogP contribution in [0.15, 0.2) is 30.3 Å². The van der Waals surface area contributed by atoms with Crippen LogP contribution in [0.5, 0.6) is 0 Å². The third kappa shape index (κ3) is 4.65. The van der Waals surface area contributed by atoms with Gasteiger partial charge in [-0.1, -0.05) is 30.3 Å². The summed E-state index contributed by atoms with van der Waals surface area (Å²) in [5, 5.41) is 0. The first-order chi connectivity index (χ1) is 10.3. The van der Waals surface area contributed by atoms with E-state index in [4.69, 9.17) is 14.2 Å². The zero-order valence-corrected chi connectivity index (χ0v) is 13.1. The van der Waals surface area contributed by atoms with Crippen LogP contribution < -0.4 is 0 Å². The lowest BCUT2D eigenvalue weighted by Crippen LogP contribution is -2.37. The summed E-state index contributed by atoms with van der Waals surface area (Å²) in [6.45, 7) is 5.96. The van der Waals surface area contributed by atoms with Gasteiger partial charge in [-0.15, -0.1) is 0 Å². The van der Waals surface area contributed by atoms with Gasteiger partial charge in [0.2, 0.25) is 0 Å². The number of carbonyl (C=O) groups excluding carboxylic acids is 2. The first-order valence-electron chi connectivity index (χ1n) is 7.18. The topological polar surface area (TPSA) is 65.1 Å². The zero-order valence-electron chi connectivity index (χ0n) is 13.1. The summed E-state index contributed by atoms with van der Waals surface area (Å²) in [6.07, 6.45) is -1.15. The Morgan fingerprint density at radius 1 is 1.32 bits per heavy atom. The van der Waals surface area contributed by atoms with Gasteiger partial charge in [-0.3, -0.25) is 4.90 Å². The average Bonchev–Trinajstić information content (AvgIpc) is 2.77. The van der Waals surface area contributed by atoms with Gasteiger partial charge in [-0.05, 0) is 26.3 Å². The second kappa shape index (κ2) is 6.68. The van der Waals surface area contributed by atoms with Crippen molar-refractivity contribution in [1.29, 1.82) is 0 Å². The van der Waals surface area contributed by atoms with Gasteiger partial charge in [0.25, 0.3) is 0 Å². The van der Waals surface area contributed by atoms with Crippen molar-refractivity contribution in [2.75, 3.05) is 13.2 Å². The van der Waals surface area contributed by atoms with Crippen LogP contribution in [0.25, 0.3) is 0 Å². The standard InChI is InChI=1S/C16H21NO5/c1-16(2,3)22-15(19)21-11-13-10-20-14(18)17(13)9-12-7-5-4-6-8-12/h4-8,13H,9-11H2,1-3H3/t13-/m0/s1. The van der Waals surface area contributed by atoms with E-state index in [0.717, 1.165) is 5.56 Å². The third-order valence-electron chi connectivity index (χ3n) is 3.05. The van der Waals surface area contributed by atoms with Crippen molar-refractivity contribution < 1.29 is 23.8 Å². The van der Waals surface area contributed by atoms with E-state index in [-0.39, 0.29) is 19.3 Å². The van der Waals surface area contributed by atoms with E-state index < -0.39 is 17.8 Å². The molecule has 1 amide bonds.